The normalized spacial score (nSPS) is 11.7. The molecule has 0 aliphatic carbocycles. The highest BCUT2D eigenvalue weighted by Gasteiger charge is 2.25. The van der Waals surface area contributed by atoms with E-state index in [1.807, 2.05) is 19.9 Å². The average molecular weight is 398 g/mol. The maximum atomic E-state index is 12.6. The van der Waals surface area contributed by atoms with E-state index in [9.17, 15) is 13.2 Å². The van der Waals surface area contributed by atoms with Crippen LogP contribution in [0.2, 0.25) is 5.02 Å². The fraction of sp³-hybridized carbons (Fsp3) is 0.294. The molecule has 0 aliphatic rings. The van der Waals surface area contributed by atoms with Crippen LogP contribution in [0.1, 0.15) is 27.3 Å². The molecule has 7 nitrogen and oxygen atoms in total. The largest absolute Gasteiger partial charge is 0.320 e. The third-order valence-electron chi connectivity index (χ3n) is 3.83. The van der Waals surface area contributed by atoms with Crippen molar-refractivity contribution >= 4 is 33.2 Å². The highest BCUT2D eigenvalue weighted by Crippen LogP contribution is 2.26. The van der Waals surface area contributed by atoms with Gasteiger partial charge in [-0.2, -0.15) is 0 Å². The fourth-order valence-corrected chi connectivity index (χ4v) is 3.95. The van der Waals surface area contributed by atoms with Gasteiger partial charge in [0.25, 0.3) is 15.9 Å². The second-order valence-corrected chi connectivity index (χ2v) is 8.05. The van der Waals surface area contributed by atoms with Crippen LogP contribution in [-0.2, 0) is 14.9 Å². The van der Waals surface area contributed by atoms with Crippen LogP contribution in [0, 0.1) is 20.8 Å². The molecular formula is C17H20ClN3O4S. The molecule has 1 N–H and O–H groups in total. The van der Waals surface area contributed by atoms with E-state index in [4.69, 9.17) is 16.4 Å². The van der Waals surface area contributed by atoms with Crippen molar-refractivity contribution in [2.75, 3.05) is 19.5 Å². The highest BCUT2D eigenvalue weighted by atomic mass is 35.5. The molecule has 26 heavy (non-hydrogen) atoms. The van der Waals surface area contributed by atoms with Crippen LogP contribution in [0.15, 0.2) is 29.2 Å². The van der Waals surface area contributed by atoms with Gasteiger partial charge in [0.2, 0.25) is 0 Å². The number of aromatic nitrogens is 1. The molecule has 2 aromatic rings. The van der Waals surface area contributed by atoms with E-state index in [-0.39, 0.29) is 15.5 Å². The molecular weight excluding hydrogens is 378 g/mol. The Bertz CT molecular complexity index is 937. The van der Waals surface area contributed by atoms with Crippen LogP contribution in [0.25, 0.3) is 0 Å². The van der Waals surface area contributed by atoms with Gasteiger partial charge in [-0.15, -0.1) is 0 Å². The molecule has 0 saturated heterocycles. The number of carbonyl (C=O) groups is 1. The number of aryl methyl sites for hydroxylation is 3. The van der Waals surface area contributed by atoms with Crippen LogP contribution in [-0.4, -0.2) is 37.9 Å². The number of nitrogens with one attached hydrogen (secondary N) is 1. The SMILES string of the molecule is CON(C)S(=O)(=O)c1cc(C(=O)Nc2c(C)cc(C)nc2C)ccc1Cl. The minimum absolute atomic E-state index is 0.00480. The topological polar surface area (TPSA) is 88.6 Å². The van der Waals surface area contributed by atoms with Gasteiger partial charge in [0, 0.05) is 18.3 Å². The van der Waals surface area contributed by atoms with Crippen LogP contribution in [0.5, 0.6) is 0 Å². The third-order valence-corrected chi connectivity index (χ3v) is 5.99. The number of hydroxylamine groups is 1. The minimum atomic E-state index is -3.98. The Balaban J connectivity index is 2.42. The Hall–Kier alpha value is -2.00. The van der Waals surface area contributed by atoms with Crippen LogP contribution in [0.4, 0.5) is 5.69 Å². The molecule has 0 fully saturated rings. The number of nitrogens with zero attached hydrogens (tertiary/aromatic N) is 2. The highest BCUT2D eigenvalue weighted by molar-refractivity contribution is 7.89. The van der Waals surface area contributed by atoms with Gasteiger partial charge >= 0.3 is 0 Å². The number of hydrogen-bond donors (Lipinski definition) is 1. The molecule has 140 valence electrons. The number of pyridine rings is 1. The van der Waals surface area contributed by atoms with Crippen molar-refractivity contribution in [3.8, 4) is 0 Å². The number of sulfonamides is 1. The zero-order valence-corrected chi connectivity index (χ0v) is 16.7. The van der Waals surface area contributed by atoms with Crippen molar-refractivity contribution in [2.24, 2.45) is 0 Å². The lowest BCUT2D eigenvalue weighted by molar-refractivity contribution is -0.0258. The van der Waals surface area contributed by atoms with Crippen molar-refractivity contribution in [2.45, 2.75) is 25.7 Å². The van der Waals surface area contributed by atoms with Crippen LogP contribution >= 0.6 is 11.6 Å². The molecule has 0 bridgehead atoms. The number of hydrogen-bond acceptors (Lipinski definition) is 5. The van der Waals surface area contributed by atoms with Gasteiger partial charge in [-0.05, 0) is 50.6 Å². The Labute approximate surface area is 158 Å². The molecule has 0 unspecified atom stereocenters. The molecule has 9 heteroatoms. The second kappa shape index (κ2) is 7.71. The number of amides is 1. The van der Waals surface area contributed by atoms with Crippen molar-refractivity contribution in [3.63, 3.8) is 0 Å². The van der Waals surface area contributed by atoms with E-state index >= 15 is 0 Å². The first-order valence-corrected chi connectivity index (χ1v) is 9.48. The summed E-state index contributed by atoms with van der Waals surface area (Å²) >= 11 is 6.01. The zero-order chi connectivity index (χ0) is 19.6. The fourth-order valence-electron chi connectivity index (χ4n) is 2.48. The van der Waals surface area contributed by atoms with Crippen molar-refractivity contribution in [3.05, 3.63) is 51.8 Å². The summed E-state index contributed by atoms with van der Waals surface area (Å²) in [5, 5.41) is 2.77. The van der Waals surface area contributed by atoms with E-state index in [0.29, 0.717) is 15.8 Å². The number of benzene rings is 1. The van der Waals surface area contributed by atoms with E-state index in [0.717, 1.165) is 11.3 Å². The number of anilines is 1. The summed E-state index contributed by atoms with van der Waals surface area (Å²) in [5.41, 5.74) is 3.13. The third kappa shape index (κ3) is 4.04. The Morgan fingerprint density at radius 3 is 2.46 bits per heavy atom. The summed E-state index contributed by atoms with van der Waals surface area (Å²) in [6, 6.07) is 5.89. The molecule has 0 radical (unpaired) electrons. The smallest absolute Gasteiger partial charge is 0.266 e. The van der Waals surface area contributed by atoms with Gasteiger partial charge < -0.3 is 5.32 Å². The Kier molecular flexibility index (Phi) is 6.02. The summed E-state index contributed by atoms with van der Waals surface area (Å²) in [6.45, 7) is 5.53. The number of halogens is 1. The molecule has 1 aromatic carbocycles. The molecule has 0 aliphatic heterocycles. The molecule has 1 amide bonds. The molecule has 0 spiro atoms. The molecule has 0 atom stereocenters. The first-order valence-electron chi connectivity index (χ1n) is 7.66. The molecule has 1 heterocycles. The maximum Gasteiger partial charge on any atom is 0.266 e. The summed E-state index contributed by atoms with van der Waals surface area (Å²) in [7, 11) is -1.52. The van der Waals surface area contributed by atoms with Crippen molar-refractivity contribution < 1.29 is 18.0 Å². The van der Waals surface area contributed by atoms with E-state index in [1.54, 1.807) is 6.92 Å². The van der Waals surface area contributed by atoms with Gasteiger partial charge in [-0.25, -0.2) is 8.42 Å². The summed E-state index contributed by atoms with van der Waals surface area (Å²) in [4.78, 5) is 21.5. The van der Waals surface area contributed by atoms with Crippen molar-refractivity contribution in [1.82, 2.24) is 9.45 Å². The number of carbonyl (C=O) groups excluding carboxylic acids is 1. The van der Waals surface area contributed by atoms with E-state index in [1.165, 1.54) is 32.4 Å². The quantitative estimate of drug-likeness (QED) is 0.783. The average Bonchev–Trinajstić information content (AvgIpc) is 2.57. The van der Waals surface area contributed by atoms with Crippen LogP contribution in [0.3, 0.4) is 0 Å². The van der Waals surface area contributed by atoms with Gasteiger partial charge in [-0.3, -0.25) is 14.6 Å². The summed E-state index contributed by atoms with van der Waals surface area (Å²) in [6.07, 6.45) is 0. The van der Waals surface area contributed by atoms with Crippen molar-refractivity contribution in [1.29, 1.82) is 0 Å². The predicted octanol–water partition coefficient (Wildman–Crippen LogP) is 3.09. The van der Waals surface area contributed by atoms with Gasteiger partial charge in [0.15, 0.2) is 0 Å². The lowest BCUT2D eigenvalue weighted by Crippen LogP contribution is -2.26. The molecule has 0 saturated carbocycles. The first-order chi connectivity index (χ1) is 12.1. The first kappa shape index (κ1) is 20.3. The van der Waals surface area contributed by atoms with Gasteiger partial charge in [-0.1, -0.05) is 16.1 Å². The van der Waals surface area contributed by atoms with E-state index < -0.39 is 15.9 Å². The summed E-state index contributed by atoms with van der Waals surface area (Å²) in [5.74, 6) is -0.463. The predicted molar refractivity (Wildman–Crippen MR) is 99.8 cm³/mol. The standard InChI is InChI=1S/C17H20ClN3O4S/c1-10-8-11(2)19-12(3)16(10)20-17(22)13-6-7-14(18)15(9-13)26(23,24)21(4)25-5/h6-9H,1-5H3,(H,20,22). The molecule has 2 rings (SSSR count). The Morgan fingerprint density at radius 2 is 1.88 bits per heavy atom. The second-order valence-electron chi connectivity index (χ2n) is 5.74. The zero-order valence-electron chi connectivity index (χ0n) is 15.1. The maximum absolute atomic E-state index is 12.6. The van der Waals surface area contributed by atoms with E-state index in [2.05, 4.69) is 10.3 Å². The monoisotopic (exact) mass is 397 g/mol. The Morgan fingerprint density at radius 1 is 1.23 bits per heavy atom. The lowest BCUT2D eigenvalue weighted by atomic mass is 10.1. The summed E-state index contributed by atoms with van der Waals surface area (Å²) < 4.78 is 25.5. The number of rotatable bonds is 5. The lowest BCUT2D eigenvalue weighted by Gasteiger charge is -2.16. The minimum Gasteiger partial charge on any atom is -0.320 e. The van der Waals surface area contributed by atoms with Gasteiger partial charge in [0.05, 0.1) is 23.5 Å². The molecule has 1 aromatic heterocycles. The van der Waals surface area contributed by atoms with Crippen LogP contribution < -0.4 is 5.32 Å². The van der Waals surface area contributed by atoms with Gasteiger partial charge in [0.1, 0.15) is 4.90 Å².